The van der Waals surface area contributed by atoms with Crippen LogP contribution in [-0.2, 0) is 0 Å². The molecule has 1 aliphatic rings. The van der Waals surface area contributed by atoms with Gasteiger partial charge in [-0.25, -0.2) is 4.39 Å². The zero-order valence-corrected chi connectivity index (χ0v) is 12.8. The van der Waals surface area contributed by atoms with Gasteiger partial charge in [-0.05, 0) is 23.8 Å². The summed E-state index contributed by atoms with van der Waals surface area (Å²) in [4.78, 5) is 0. The molecule has 0 spiro atoms. The topological polar surface area (TPSA) is 26.0 Å². The largest absolute Gasteiger partial charge is 0.323 e. The maximum absolute atomic E-state index is 13.3. The van der Waals surface area contributed by atoms with E-state index in [4.69, 9.17) is 17.3 Å². The summed E-state index contributed by atoms with van der Waals surface area (Å²) in [5, 5.41) is 2.05. The highest BCUT2D eigenvalue weighted by atomic mass is 35.5. The molecule has 4 unspecified atom stereocenters. The van der Waals surface area contributed by atoms with Gasteiger partial charge < -0.3 is 5.73 Å². The van der Waals surface area contributed by atoms with Gasteiger partial charge in [0.1, 0.15) is 5.82 Å². The first-order chi connectivity index (χ1) is 8.49. The van der Waals surface area contributed by atoms with Gasteiger partial charge in [0.15, 0.2) is 0 Å². The first-order valence-corrected chi connectivity index (χ1v) is 8.33. The van der Waals surface area contributed by atoms with E-state index in [9.17, 15) is 4.39 Å². The first-order valence-electron chi connectivity index (χ1n) is 5.96. The van der Waals surface area contributed by atoms with Crippen molar-refractivity contribution in [2.45, 2.75) is 35.6 Å². The standard InChI is InChI=1S/C13H17ClFNS2/c1-7-8(2)18-12(6-17-7)13(16)10-5-9(15)3-4-11(10)14/h3-5,7-8,12-13H,6,16H2,1-2H3. The van der Waals surface area contributed by atoms with Crippen LogP contribution in [0.15, 0.2) is 18.2 Å². The lowest BCUT2D eigenvalue weighted by Gasteiger charge is -2.34. The van der Waals surface area contributed by atoms with Gasteiger partial charge in [0.25, 0.3) is 0 Å². The zero-order chi connectivity index (χ0) is 13.3. The summed E-state index contributed by atoms with van der Waals surface area (Å²) >= 11 is 9.93. The maximum atomic E-state index is 13.3. The molecule has 4 atom stereocenters. The van der Waals surface area contributed by atoms with Crippen molar-refractivity contribution < 1.29 is 4.39 Å². The van der Waals surface area contributed by atoms with E-state index in [2.05, 4.69) is 13.8 Å². The molecule has 1 nitrogen and oxygen atoms in total. The lowest BCUT2D eigenvalue weighted by molar-refractivity contribution is 0.618. The quantitative estimate of drug-likeness (QED) is 0.890. The van der Waals surface area contributed by atoms with E-state index < -0.39 is 0 Å². The Balaban J connectivity index is 2.16. The molecular formula is C13H17ClFNS2. The highest BCUT2D eigenvalue weighted by molar-refractivity contribution is 8.07. The highest BCUT2D eigenvalue weighted by Gasteiger charge is 2.31. The molecule has 1 aromatic carbocycles. The smallest absolute Gasteiger partial charge is 0.123 e. The van der Waals surface area contributed by atoms with Crippen LogP contribution in [0.1, 0.15) is 25.5 Å². The third-order valence-corrected chi connectivity index (χ3v) is 7.15. The fourth-order valence-corrected chi connectivity index (χ4v) is 5.25. The Morgan fingerprint density at radius 3 is 2.78 bits per heavy atom. The van der Waals surface area contributed by atoms with Gasteiger partial charge in [0, 0.05) is 32.6 Å². The average Bonchev–Trinajstić information content (AvgIpc) is 2.35. The van der Waals surface area contributed by atoms with E-state index in [0.717, 1.165) is 11.3 Å². The molecule has 0 radical (unpaired) electrons. The molecule has 18 heavy (non-hydrogen) atoms. The molecule has 1 aliphatic heterocycles. The minimum absolute atomic E-state index is 0.208. The summed E-state index contributed by atoms with van der Waals surface area (Å²) in [6, 6.07) is 4.20. The lowest BCUT2D eigenvalue weighted by Crippen LogP contribution is -2.34. The molecule has 0 aliphatic carbocycles. The summed E-state index contributed by atoms with van der Waals surface area (Å²) in [5.41, 5.74) is 6.98. The second-order valence-corrected chi connectivity index (χ2v) is 8.05. The molecule has 5 heteroatoms. The van der Waals surface area contributed by atoms with Crippen LogP contribution in [0.25, 0.3) is 0 Å². The third kappa shape index (κ3) is 3.16. The summed E-state index contributed by atoms with van der Waals surface area (Å²) in [6.07, 6.45) is 0. The van der Waals surface area contributed by atoms with Crippen LogP contribution in [0, 0.1) is 5.82 Å². The van der Waals surface area contributed by atoms with Crippen molar-refractivity contribution in [2.24, 2.45) is 5.73 Å². The van der Waals surface area contributed by atoms with E-state index >= 15 is 0 Å². The number of benzene rings is 1. The van der Waals surface area contributed by atoms with Crippen LogP contribution in [-0.4, -0.2) is 21.5 Å². The molecule has 1 aromatic rings. The van der Waals surface area contributed by atoms with Gasteiger partial charge in [0.05, 0.1) is 0 Å². The van der Waals surface area contributed by atoms with Crippen LogP contribution >= 0.6 is 35.1 Å². The molecular weight excluding hydrogens is 289 g/mol. The van der Waals surface area contributed by atoms with E-state index in [1.807, 2.05) is 23.5 Å². The van der Waals surface area contributed by atoms with Crippen LogP contribution in [0.4, 0.5) is 4.39 Å². The van der Waals surface area contributed by atoms with Crippen molar-refractivity contribution in [1.82, 2.24) is 0 Å². The number of hydrogen-bond acceptors (Lipinski definition) is 3. The Morgan fingerprint density at radius 1 is 1.39 bits per heavy atom. The second kappa shape index (κ2) is 6.04. The van der Waals surface area contributed by atoms with Gasteiger partial charge in [-0.2, -0.15) is 23.5 Å². The Hall–Kier alpha value is 0.1000. The number of nitrogens with two attached hydrogens (primary N) is 1. The summed E-state index contributed by atoms with van der Waals surface area (Å²) in [7, 11) is 0. The van der Waals surface area contributed by atoms with Crippen LogP contribution < -0.4 is 5.73 Å². The Kier molecular flexibility index (Phi) is 4.86. The minimum atomic E-state index is -0.278. The highest BCUT2D eigenvalue weighted by Crippen LogP contribution is 2.41. The molecule has 0 bridgehead atoms. The fraction of sp³-hybridized carbons (Fsp3) is 0.538. The summed E-state index contributed by atoms with van der Waals surface area (Å²) < 4.78 is 13.3. The average molecular weight is 306 g/mol. The first kappa shape index (κ1) is 14.5. The van der Waals surface area contributed by atoms with E-state index in [-0.39, 0.29) is 11.9 Å². The van der Waals surface area contributed by atoms with E-state index in [1.165, 1.54) is 12.1 Å². The molecule has 0 amide bonds. The minimum Gasteiger partial charge on any atom is -0.323 e. The second-order valence-electron chi connectivity index (χ2n) is 4.61. The molecule has 0 aromatic heterocycles. The molecule has 2 rings (SSSR count). The predicted molar refractivity (Wildman–Crippen MR) is 81.1 cm³/mol. The van der Waals surface area contributed by atoms with Crippen molar-refractivity contribution in [3.05, 3.63) is 34.6 Å². The molecule has 1 fully saturated rings. The summed E-state index contributed by atoms with van der Waals surface area (Å²) in [5.74, 6) is 0.712. The van der Waals surface area contributed by atoms with Gasteiger partial charge in [-0.1, -0.05) is 25.4 Å². The Labute approximate surface area is 121 Å². The molecule has 2 N–H and O–H groups in total. The summed E-state index contributed by atoms with van der Waals surface area (Å²) in [6.45, 7) is 4.45. The molecule has 1 heterocycles. The van der Waals surface area contributed by atoms with Crippen LogP contribution in [0.2, 0.25) is 5.02 Å². The van der Waals surface area contributed by atoms with Crippen LogP contribution in [0.3, 0.4) is 0 Å². The van der Waals surface area contributed by atoms with E-state index in [0.29, 0.717) is 20.8 Å². The molecule has 0 saturated carbocycles. The molecule has 100 valence electrons. The van der Waals surface area contributed by atoms with Gasteiger partial charge in [-0.3, -0.25) is 0 Å². The Morgan fingerprint density at radius 2 is 2.11 bits per heavy atom. The lowest BCUT2D eigenvalue weighted by atomic mass is 10.0. The van der Waals surface area contributed by atoms with Crippen molar-refractivity contribution in [3.63, 3.8) is 0 Å². The van der Waals surface area contributed by atoms with Crippen molar-refractivity contribution >= 4 is 35.1 Å². The van der Waals surface area contributed by atoms with Crippen molar-refractivity contribution in [2.75, 3.05) is 5.75 Å². The van der Waals surface area contributed by atoms with Gasteiger partial charge in [-0.15, -0.1) is 0 Å². The van der Waals surface area contributed by atoms with Crippen LogP contribution in [0.5, 0.6) is 0 Å². The molecule has 1 saturated heterocycles. The monoisotopic (exact) mass is 305 g/mol. The SMILES string of the molecule is CC1SCC(C(N)c2cc(F)ccc2Cl)SC1C. The zero-order valence-electron chi connectivity index (χ0n) is 10.4. The third-order valence-electron chi connectivity index (χ3n) is 3.29. The predicted octanol–water partition coefficient (Wildman–Crippen LogP) is 4.10. The van der Waals surface area contributed by atoms with Crippen molar-refractivity contribution in [3.8, 4) is 0 Å². The van der Waals surface area contributed by atoms with Gasteiger partial charge >= 0.3 is 0 Å². The number of rotatable bonds is 2. The normalized spacial score (nSPS) is 30.2. The van der Waals surface area contributed by atoms with Gasteiger partial charge in [0.2, 0.25) is 0 Å². The van der Waals surface area contributed by atoms with Crippen molar-refractivity contribution in [1.29, 1.82) is 0 Å². The number of halogens is 2. The number of hydrogen-bond donors (Lipinski definition) is 1. The fourth-order valence-electron chi connectivity index (χ4n) is 1.97. The van der Waals surface area contributed by atoms with E-state index in [1.54, 1.807) is 6.07 Å². The maximum Gasteiger partial charge on any atom is 0.123 e. The number of thioether (sulfide) groups is 2. The Bertz CT molecular complexity index is 429.